The molecular weight excluding hydrogens is 350 g/mol. The van der Waals surface area contributed by atoms with Gasteiger partial charge < -0.3 is 5.11 Å². The Bertz CT molecular complexity index is 1110. The number of aromatic amines is 1. The minimum atomic E-state index is -0.705. The minimum absolute atomic E-state index is 0.279. The Morgan fingerprint density at radius 1 is 0.929 bits per heavy atom. The van der Waals surface area contributed by atoms with Gasteiger partial charge in [-0.2, -0.15) is 5.10 Å². The second-order valence-electron chi connectivity index (χ2n) is 6.85. The number of aryl methyl sites for hydroxylation is 1. The van der Waals surface area contributed by atoms with Crippen LogP contribution in [-0.4, -0.2) is 19.9 Å². The van der Waals surface area contributed by atoms with E-state index in [4.69, 9.17) is 0 Å². The summed E-state index contributed by atoms with van der Waals surface area (Å²) in [4.78, 5) is 12.3. The number of nitrogens with zero attached hydrogens (tertiary/aromatic N) is 2. The maximum Gasteiger partial charge on any atom is 0.347 e. The molecule has 0 aliphatic carbocycles. The van der Waals surface area contributed by atoms with E-state index in [0.717, 1.165) is 16.7 Å². The number of aliphatic hydroxyl groups is 1. The summed E-state index contributed by atoms with van der Waals surface area (Å²) in [5, 5.41) is 17.3. The molecule has 140 valence electrons. The fraction of sp³-hybridized carbons (Fsp3) is 0.130. The molecular formula is C23H21N3O2. The Morgan fingerprint density at radius 3 is 2.25 bits per heavy atom. The zero-order valence-corrected chi connectivity index (χ0v) is 15.5. The Labute approximate surface area is 162 Å². The quantitative estimate of drug-likeness (QED) is 0.564. The average molecular weight is 371 g/mol. The topological polar surface area (TPSA) is 70.9 Å². The second-order valence-corrected chi connectivity index (χ2v) is 6.85. The van der Waals surface area contributed by atoms with E-state index >= 15 is 0 Å². The molecule has 0 saturated carbocycles. The highest BCUT2D eigenvalue weighted by atomic mass is 16.3. The van der Waals surface area contributed by atoms with Crippen molar-refractivity contribution in [3.63, 3.8) is 0 Å². The van der Waals surface area contributed by atoms with Gasteiger partial charge in [0.05, 0.1) is 5.69 Å². The molecule has 2 N–H and O–H groups in total. The molecule has 0 bridgehead atoms. The lowest BCUT2D eigenvalue weighted by Gasteiger charge is -2.12. The van der Waals surface area contributed by atoms with E-state index in [0.29, 0.717) is 17.9 Å². The normalized spacial score (nSPS) is 12.1. The van der Waals surface area contributed by atoms with Gasteiger partial charge in [0, 0.05) is 6.42 Å². The summed E-state index contributed by atoms with van der Waals surface area (Å²) >= 11 is 0. The van der Waals surface area contributed by atoms with Gasteiger partial charge in [0.15, 0.2) is 0 Å². The van der Waals surface area contributed by atoms with Gasteiger partial charge in [-0.3, -0.25) is 0 Å². The van der Waals surface area contributed by atoms with Gasteiger partial charge in [-0.25, -0.2) is 14.5 Å². The fourth-order valence-electron chi connectivity index (χ4n) is 3.24. The first-order chi connectivity index (χ1) is 13.6. The standard InChI is InChI=1S/C23H21N3O2/c1-16-7-9-17(10-8-16)15-21-24-25-23(28)26(21)20-13-11-19(12-14-20)22(27)18-5-3-2-4-6-18/h2-14,22,27H,15H2,1H3,(H,25,28). The molecule has 0 radical (unpaired) electrons. The third-order valence-corrected chi connectivity index (χ3v) is 4.81. The summed E-state index contributed by atoms with van der Waals surface area (Å²) in [6.45, 7) is 2.04. The SMILES string of the molecule is Cc1ccc(Cc2n[nH]c(=O)n2-c2ccc(C(O)c3ccccc3)cc2)cc1. The van der Waals surface area contributed by atoms with Gasteiger partial charge in [0.25, 0.3) is 0 Å². The zero-order valence-electron chi connectivity index (χ0n) is 15.5. The summed E-state index contributed by atoms with van der Waals surface area (Å²) in [7, 11) is 0. The Hall–Kier alpha value is -3.44. The van der Waals surface area contributed by atoms with Crippen LogP contribution in [-0.2, 0) is 6.42 Å². The van der Waals surface area contributed by atoms with E-state index in [-0.39, 0.29) is 5.69 Å². The van der Waals surface area contributed by atoms with E-state index < -0.39 is 6.10 Å². The lowest BCUT2D eigenvalue weighted by molar-refractivity contribution is 0.220. The molecule has 5 heteroatoms. The van der Waals surface area contributed by atoms with Crippen molar-refractivity contribution in [3.05, 3.63) is 117 Å². The highest BCUT2D eigenvalue weighted by molar-refractivity contribution is 5.39. The molecule has 1 unspecified atom stereocenters. The smallest absolute Gasteiger partial charge is 0.347 e. The number of rotatable bonds is 5. The van der Waals surface area contributed by atoms with Crippen LogP contribution in [0.1, 0.15) is 34.2 Å². The van der Waals surface area contributed by atoms with Crippen LogP contribution in [0.5, 0.6) is 0 Å². The Balaban J connectivity index is 1.62. The molecule has 3 aromatic carbocycles. The van der Waals surface area contributed by atoms with Crippen molar-refractivity contribution in [1.82, 2.24) is 14.8 Å². The predicted octanol–water partition coefficient (Wildman–Crippen LogP) is 3.54. The van der Waals surface area contributed by atoms with Crippen molar-refractivity contribution in [3.8, 4) is 5.69 Å². The molecule has 1 heterocycles. The van der Waals surface area contributed by atoms with Crippen molar-refractivity contribution in [2.75, 3.05) is 0 Å². The molecule has 0 aliphatic heterocycles. The Kier molecular flexibility index (Phi) is 4.91. The van der Waals surface area contributed by atoms with Crippen molar-refractivity contribution >= 4 is 0 Å². The van der Waals surface area contributed by atoms with Crippen LogP contribution >= 0.6 is 0 Å². The monoisotopic (exact) mass is 371 g/mol. The molecule has 1 atom stereocenters. The van der Waals surface area contributed by atoms with Crippen molar-refractivity contribution < 1.29 is 5.11 Å². The number of aliphatic hydroxyl groups excluding tert-OH is 1. The molecule has 0 saturated heterocycles. The van der Waals surface area contributed by atoms with Gasteiger partial charge in [0.1, 0.15) is 11.9 Å². The van der Waals surface area contributed by atoms with Crippen LogP contribution in [0, 0.1) is 6.92 Å². The first-order valence-corrected chi connectivity index (χ1v) is 9.17. The zero-order chi connectivity index (χ0) is 19.5. The average Bonchev–Trinajstić information content (AvgIpc) is 3.10. The van der Waals surface area contributed by atoms with Crippen LogP contribution in [0.4, 0.5) is 0 Å². The number of hydrogen-bond acceptors (Lipinski definition) is 3. The van der Waals surface area contributed by atoms with Crippen LogP contribution in [0.2, 0.25) is 0 Å². The van der Waals surface area contributed by atoms with E-state index in [1.54, 1.807) is 4.57 Å². The fourth-order valence-corrected chi connectivity index (χ4v) is 3.24. The molecule has 5 nitrogen and oxygen atoms in total. The summed E-state index contributed by atoms with van der Waals surface area (Å²) in [6, 6.07) is 25.0. The lowest BCUT2D eigenvalue weighted by Crippen LogP contribution is -2.17. The van der Waals surface area contributed by atoms with Gasteiger partial charge in [-0.15, -0.1) is 0 Å². The third kappa shape index (κ3) is 3.66. The summed E-state index contributed by atoms with van der Waals surface area (Å²) in [5.41, 5.74) is 4.31. The molecule has 0 aliphatic rings. The van der Waals surface area contributed by atoms with Crippen molar-refractivity contribution in [2.45, 2.75) is 19.4 Å². The van der Waals surface area contributed by atoms with Gasteiger partial charge in [0.2, 0.25) is 0 Å². The van der Waals surface area contributed by atoms with Crippen LogP contribution in [0.25, 0.3) is 5.69 Å². The number of nitrogens with one attached hydrogen (secondary N) is 1. The first-order valence-electron chi connectivity index (χ1n) is 9.17. The Morgan fingerprint density at radius 2 is 1.57 bits per heavy atom. The molecule has 0 amide bonds. The molecule has 4 aromatic rings. The molecule has 0 fully saturated rings. The van der Waals surface area contributed by atoms with Gasteiger partial charge in [-0.05, 0) is 35.7 Å². The predicted molar refractivity (Wildman–Crippen MR) is 109 cm³/mol. The van der Waals surface area contributed by atoms with Crippen LogP contribution in [0.3, 0.4) is 0 Å². The number of aromatic nitrogens is 3. The summed E-state index contributed by atoms with van der Waals surface area (Å²) in [5.74, 6) is 0.644. The van der Waals surface area contributed by atoms with E-state index in [1.165, 1.54) is 5.56 Å². The lowest BCUT2D eigenvalue weighted by atomic mass is 10.0. The van der Waals surface area contributed by atoms with E-state index in [2.05, 4.69) is 10.2 Å². The van der Waals surface area contributed by atoms with Crippen molar-refractivity contribution in [1.29, 1.82) is 0 Å². The second kappa shape index (κ2) is 7.66. The maximum absolute atomic E-state index is 12.3. The summed E-state index contributed by atoms with van der Waals surface area (Å²) in [6.07, 6.45) is -0.156. The first kappa shape index (κ1) is 17.9. The summed E-state index contributed by atoms with van der Waals surface area (Å²) < 4.78 is 1.57. The molecule has 0 spiro atoms. The molecule has 1 aromatic heterocycles. The van der Waals surface area contributed by atoms with Crippen LogP contribution in [0.15, 0.2) is 83.7 Å². The highest BCUT2D eigenvalue weighted by Gasteiger charge is 2.13. The largest absolute Gasteiger partial charge is 0.384 e. The maximum atomic E-state index is 12.3. The third-order valence-electron chi connectivity index (χ3n) is 4.81. The minimum Gasteiger partial charge on any atom is -0.384 e. The highest BCUT2D eigenvalue weighted by Crippen LogP contribution is 2.23. The number of benzene rings is 3. The number of hydrogen-bond donors (Lipinski definition) is 2. The van der Waals surface area contributed by atoms with E-state index in [1.807, 2.05) is 85.8 Å². The van der Waals surface area contributed by atoms with Crippen molar-refractivity contribution in [2.24, 2.45) is 0 Å². The van der Waals surface area contributed by atoms with E-state index in [9.17, 15) is 9.90 Å². The van der Waals surface area contributed by atoms with Gasteiger partial charge in [-0.1, -0.05) is 72.3 Å². The number of H-pyrrole nitrogens is 1. The molecule has 28 heavy (non-hydrogen) atoms. The molecule has 4 rings (SSSR count). The van der Waals surface area contributed by atoms with Crippen LogP contribution < -0.4 is 5.69 Å². The van der Waals surface area contributed by atoms with Gasteiger partial charge >= 0.3 is 5.69 Å².